The molecule has 0 amide bonds. The van der Waals surface area contributed by atoms with Crippen LogP contribution in [0.2, 0.25) is 0 Å². The summed E-state index contributed by atoms with van der Waals surface area (Å²) in [6, 6.07) is 7.97. The van der Waals surface area contributed by atoms with Crippen LogP contribution in [0.15, 0.2) is 24.3 Å². The van der Waals surface area contributed by atoms with Gasteiger partial charge in [-0.25, -0.2) is 0 Å². The van der Waals surface area contributed by atoms with Crippen LogP contribution in [0.4, 0.5) is 0 Å². The van der Waals surface area contributed by atoms with Gasteiger partial charge in [-0.15, -0.1) is 0 Å². The maximum Gasteiger partial charge on any atom is 0.0815 e. The van der Waals surface area contributed by atoms with E-state index in [2.05, 4.69) is 0 Å². The van der Waals surface area contributed by atoms with Crippen LogP contribution in [0, 0.1) is 12.8 Å². The van der Waals surface area contributed by atoms with Gasteiger partial charge in [0.2, 0.25) is 0 Å². The summed E-state index contributed by atoms with van der Waals surface area (Å²) in [6.07, 6.45) is -0.328. The maximum absolute atomic E-state index is 9.78. The number of hydrogen-bond acceptors (Lipinski definition) is 1. The molecule has 0 radical (unpaired) electrons. The van der Waals surface area contributed by atoms with Crippen molar-refractivity contribution in [3.05, 3.63) is 35.4 Å². The van der Waals surface area contributed by atoms with Crippen LogP contribution in [0.1, 0.15) is 44.9 Å². The lowest BCUT2D eigenvalue weighted by Gasteiger charge is -2.16. The SMILES string of the molecule is CC.Cc1ccccc1C(O)C(C)C. The highest BCUT2D eigenvalue weighted by atomic mass is 16.3. The van der Waals surface area contributed by atoms with Gasteiger partial charge < -0.3 is 5.11 Å². The van der Waals surface area contributed by atoms with E-state index in [1.165, 1.54) is 5.56 Å². The molecular formula is C13H22O. The molecule has 0 aromatic heterocycles. The topological polar surface area (TPSA) is 20.2 Å². The van der Waals surface area contributed by atoms with Crippen molar-refractivity contribution >= 4 is 0 Å². The zero-order chi connectivity index (χ0) is 11.1. The van der Waals surface area contributed by atoms with Crippen LogP contribution in [0.3, 0.4) is 0 Å². The van der Waals surface area contributed by atoms with Gasteiger partial charge >= 0.3 is 0 Å². The largest absolute Gasteiger partial charge is 0.388 e. The van der Waals surface area contributed by atoms with Crippen LogP contribution in [0.5, 0.6) is 0 Å². The highest BCUT2D eigenvalue weighted by molar-refractivity contribution is 5.27. The lowest BCUT2D eigenvalue weighted by molar-refractivity contribution is 0.126. The Morgan fingerprint density at radius 2 is 1.57 bits per heavy atom. The third-order valence-electron chi connectivity index (χ3n) is 2.14. The van der Waals surface area contributed by atoms with Gasteiger partial charge in [-0.3, -0.25) is 0 Å². The first-order valence-corrected chi connectivity index (χ1v) is 5.36. The molecule has 1 rings (SSSR count). The van der Waals surface area contributed by atoms with Crippen molar-refractivity contribution in [1.29, 1.82) is 0 Å². The number of rotatable bonds is 2. The van der Waals surface area contributed by atoms with Gasteiger partial charge in [-0.2, -0.15) is 0 Å². The standard InChI is InChI=1S/C11H16O.C2H6/c1-8(2)11(12)10-7-5-4-6-9(10)3;1-2/h4-8,11-12H,1-3H3;1-2H3. The summed E-state index contributed by atoms with van der Waals surface area (Å²) in [5.41, 5.74) is 2.21. The predicted octanol–water partition coefficient (Wildman–Crippen LogP) is 3.71. The summed E-state index contributed by atoms with van der Waals surface area (Å²) >= 11 is 0. The zero-order valence-corrected chi connectivity index (χ0v) is 9.91. The molecule has 0 saturated heterocycles. The Balaban J connectivity index is 0.000000791. The molecule has 1 atom stereocenters. The summed E-state index contributed by atoms with van der Waals surface area (Å²) < 4.78 is 0. The average Bonchev–Trinajstić information content (AvgIpc) is 2.20. The summed E-state index contributed by atoms with van der Waals surface area (Å²) in [5.74, 6) is 0.283. The number of benzene rings is 1. The van der Waals surface area contributed by atoms with Gasteiger partial charge in [0.1, 0.15) is 0 Å². The minimum Gasteiger partial charge on any atom is -0.388 e. The van der Waals surface area contributed by atoms with E-state index in [4.69, 9.17) is 0 Å². The number of aliphatic hydroxyl groups excluding tert-OH is 1. The fourth-order valence-corrected chi connectivity index (χ4v) is 1.28. The average molecular weight is 194 g/mol. The van der Waals surface area contributed by atoms with Crippen LogP contribution in [-0.2, 0) is 0 Å². The van der Waals surface area contributed by atoms with Gasteiger partial charge in [0, 0.05) is 0 Å². The van der Waals surface area contributed by atoms with Gasteiger partial charge in [0.05, 0.1) is 6.10 Å². The van der Waals surface area contributed by atoms with Crippen molar-refractivity contribution in [2.45, 2.75) is 40.7 Å². The highest BCUT2D eigenvalue weighted by Gasteiger charge is 2.12. The van der Waals surface area contributed by atoms with Crippen LogP contribution in [-0.4, -0.2) is 5.11 Å². The van der Waals surface area contributed by atoms with Crippen LogP contribution in [0.25, 0.3) is 0 Å². The molecule has 0 saturated carbocycles. The van der Waals surface area contributed by atoms with Gasteiger partial charge in [-0.1, -0.05) is 52.0 Å². The molecule has 1 N–H and O–H groups in total. The summed E-state index contributed by atoms with van der Waals surface area (Å²) in [4.78, 5) is 0. The first-order valence-electron chi connectivity index (χ1n) is 5.36. The second kappa shape index (κ2) is 6.61. The van der Waals surface area contributed by atoms with E-state index in [0.29, 0.717) is 0 Å². The molecule has 1 aromatic carbocycles. The molecule has 0 spiro atoms. The third-order valence-corrected chi connectivity index (χ3v) is 2.14. The molecule has 0 aliphatic rings. The van der Waals surface area contributed by atoms with E-state index >= 15 is 0 Å². The molecule has 1 unspecified atom stereocenters. The Bertz CT molecular complexity index is 253. The van der Waals surface area contributed by atoms with Crippen molar-refractivity contribution in [3.63, 3.8) is 0 Å². The van der Waals surface area contributed by atoms with Crippen molar-refractivity contribution in [2.24, 2.45) is 5.92 Å². The fourth-order valence-electron chi connectivity index (χ4n) is 1.28. The first kappa shape index (κ1) is 13.2. The van der Waals surface area contributed by atoms with Crippen molar-refractivity contribution in [2.75, 3.05) is 0 Å². The quantitative estimate of drug-likeness (QED) is 0.761. The third kappa shape index (κ3) is 3.51. The van der Waals surface area contributed by atoms with E-state index < -0.39 is 0 Å². The summed E-state index contributed by atoms with van der Waals surface area (Å²) in [5, 5.41) is 9.78. The van der Waals surface area contributed by atoms with E-state index in [-0.39, 0.29) is 12.0 Å². The maximum atomic E-state index is 9.78. The van der Waals surface area contributed by atoms with Crippen LogP contribution >= 0.6 is 0 Å². The van der Waals surface area contributed by atoms with Crippen molar-refractivity contribution in [1.82, 2.24) is 0 Å². The minimum absolute atomic E-state index is 0.283. The summed E-state index contributed by atoms with van der Waals surface area (Å²) in [7, 11) is 0. The smallest absolute Gasteiger partial charge is 0.0815 e. The van der Waals surface area contributed by atoms with Crippen molar-refractivity contribution < 1.29 is 5.11 Å². The Morgan fingerprint density at radius 1 is 1.07 bits per heavy atom. The van der Waals surface area contributed by atoms with E-state index in [9.17, 15) is 5.11 Å². The molecule has 14 heavy (non-hydrogen) atoms. The van der Waals surface area contributed by atoms with Gasteiger partial charge in [-0.05, 0) is 24.0 Å². The van der Waals surface area contributed by atoms with E-state index in [0.717, 1.165) is 5.56 Å². The molecule has 80 valence electrons. The second-order valence-corrected chi connectivity index (χ2v) is 3.55. The van der Waals surface area contributed by atoms with Gasteiger partial charge in [0.15, 0.2) is 0 Å². The molecule has 1 nitrogen and oxygen atoms in total. The number of hydrogen-bond donors (Lipinski definition) is 1. The normalized spacial score (nSPS) is 11.9. The number of aliphatic hydroxyl groups is 1. The molecule has 1 aromatic rings. The Hall–Kier alpha value is -0.820. The Labute approximate surface area is 87.8 Å². The zero-order valence-electron chi connectivity index (χ0n) is 9.91. The first-order chi connectivity index (χ1) is 6.63. The van der Waals surface area contributed by atoms with Gasteiger partial charge in [0.25, 0.3) is 0 Å². The van der Waals surface area contributed by atoms with E-state index in [1.54, 1.807) is 0 Å². The molecule has 0 fully saturated rings. The predicted molar refractivity (Wildman–Crippen MR) is 62.3 cm³/mol. The Kier molecular flexibility index (Phi) is 6.22. The van der Waals surface area contributed by atoms with Crippen molar-refractivity contribution in [3.8, 4) is 0 Å². The second-order valence-electron chi connectivity index (χ2n) is 3.55. The monoisotopic (exact) mass is 194 g/mol. The van der Waals surface area contributed by atoms with Crippen LogP contribution < -0.4 is 0 Å². The molecule has 0 aliphatic carbocycles. The lowest BCUT2D eigenvalue weighted by Crippen LogP contribution is -2.06. The lowest BCUT2D eigenvalue weighted by atomic mass is 9.96. The molecule has 0 aliphatic heterocycles. The molecule has 0 heterocycles. The number of aryl methyl sites for hydroxylation is 1. The minimum atomic E-state index is -0.328. The molecule has 0 bridgehead atoms. The summed E-state index contributed by atoms with van der Waals surface area (Å²) in [6.45, 7) is 10.1. The fraction of sp³-hybridized carbons (Fsp3) is 0.538. The van der Waals surface area contributed by atoms with E-state index in [1.807, 2.05) is 58.9 Å². The molecular weight excluding hydrogens is 172 g/mol. The Morgan fingerprint density at radius 3 is 2.00 bits per heavy atom. The molecule has 1 heteroatoms. The highest BCUT2D eigenvalue weighted by Crippen LogP contribution is 2.23.